The number of thiol groups is 1. The van der Waals surface area contributed by atoms with Crippen molar-refractivity contribution in [1.29, 1.82) is 0 Å². The zero-order valence-electron chi connectivity index (χ0n) is 2.33. The molecular weight excluding hydrogens is 123 g/mol. The van der Waals surface area contributed by atoms with E-state index in [0.29, 0.717) is 0 Å². The maximum absolute atomic E-state index is 4.64. The van der Waals surface area contributed by atoms with Crippen LogP contribution < -0.4 is 5.84 Å². The molecule has 0 aromatic rings. The van der Waals surface area contributed by atoms with Crippen LogP contribution in [-0.4, -0.2) is 0 Å². The highest BCUT2D eigenvalue weighted by molar-refractivity contribution is 8.68. The third-order valence-corrected chi connectivity index (χ3v) is 0.889. The van der Waals surface area contributed by atoms with Crippen LogP contribution in [0.3, 0.4) is 0 Å². The second-order valence-electron chi connectivity index (χ2n) is 0.368. The molecule has 0 fully saturated rings. The van der Waals surface area contributed by atoms with Crippen LogP contribution in [0, 0.1) is 0 Å². The van der Waals surface area contributed by atoms with E-state index in [9.17, 15) is 0 Å². The Kier molecular flexibility index (Phi) is 3.42. The fourth-order valence-electron chi connectivity index (χ4n) is 0. The number of nitrogens with zero attached hydrogens (tertiary/aromatic N) is 1. The third kappa shape index (κ3) is 4.76. The summed E-state index contributed by atoms with van der Waals surface area (Å²) in [6.45, 7) is 0. The average molecular weight is 126 g/mol. The van der Waals surface area contributed by atoms with Gasteiger partial charge in [-0.25, -0.2) is 0 Å². The van der Waals surface area contributed by atoms with Gasteiger partial charge in [0, 0.05) is 0 Å². The zero-order chi connectivity index (χ0) is 4.28. The van der Waals surface area contributed by atoms with Crippen molar-refractivity contribution in [3.05, 3.63) is 0 Å². The van der Waals surface area contributed by atoms with Crippen LogP contribution in [0.5, 0.6) is 0 Å². The molecule has 0 aliphatic rings. The van der Waals surface area contributed by atoms with E-state index in [1.165, 1.54) is 0 Å². The van der Waals surface area contributed by atoms with E-state index in [0.717, 1.165) is 0 Å². The molecular formula is H3N2PS2. The lowest BCUT2D eigenvalue weighted by molar-refractivity contribution is 1.30. The summed E-state index contributed by atoms with van der Waals surface area (Å²) in [5.41, 5.74) is 0. The van der Waals surface area contributed by atoms with Crippen LogP contribution in [-0.2, 0) is 12.2 Å². The van der Waals surface area contributed by atoms with E-state index in [2.05, 4.69) is 35.2 Å². The topological polar surface area (TPSA) is 38.4 Å². The molecule has 0 saturated heterocycles. The first-order valence-corrected chi connectivity index (χ1v) is 4.30. The Labute approximate surface area is 41.9 Å². The van der Waals surface area contributed by atoms with Crippen molar-refractivity contribution in [2.45, 2.75) is 0 Å². The van der Waals surface area contributed by atoms with Crippen LogP contribution >= 0.6 is 18.4 Å². The number of hydrogen-bond acceptors (Lipinski definition) is 2. The Morgan fingerprint density at radius 3 is 2.20 bits per heavy atom. The molecule has 1 atom stereocenters. The molecule has 30 valence electrons. The highest BCUT2D eigenvalue weighted by Crippen LogP contribution is 2.23. The van der Waals surface area contributed by atoms with Gasteiger partial charge in [0.1, 0.15) is 0 Å². The monoisotopic (exact) mass is 126 g/mol. The first-order valence-electron chi connectivity index (χ1n) is 0.841. The summed E-state index contributed by atoms with van der Waals surface area (Å²) in [4.78, 5) is 3.13. The molecule has 0 amide bonds. The molecule has 0 aromatic carbocycles. The molecule has 0 aliphatic heterocycles. The molecule has 0 aromatic heterocycles. The Balaban J connectivity index is 3.14. The van der Waals surface area contributed by atoms with Crippen molar-refractivity contribution in [1.82, 2.24) is 0 Å². The summed E-state index contributed by atoms with van der Waals surface area (Å²) in [7, 11) is 0. The summed E-state index contributed by atoms with van der Waals surface area (Å²) >= 11 is 8.10. The maximum atomic E-state index is 4.64. The Bertz CT molecular complexity index is 45.6. The maximum Gasteiger partial charge on any atom is 0.155 e. The molecule has 0 bridgehead atoms. The predicted molar refractivity (Wildman–Crippen MR) is 29.9 cm³/mol. The van der Waals surface area contributed by atoms with Crippen molar-refractivity contribution in [2.75, 3.05) is 0 Å². The smallest absolute Gasteiger partial charge is 0.155 e. The molecule has 0 aliphatic carbocycles. The normalized spacial score (nSPS) is 12.2. The van der Waals surface area contributed by atoms with E-state index in [1.807, 2.05) is 0 Å². The molecule has 0 radical (unpaired) electrons. The summed E-state index contributed by atoms with van der Waals surface area (Å²) in [5.74, 6) is 4.64. The summed E-state index contributed by atoms with van der Waals surface area (Å²) < 4.78 is 0. The van der Waals surface area contributed by atoms with Gasteiger partial charge in [-0.3, -0.25) is 0 Å². The minimum Gasteiger partial charge on any atom is -0.453 e. The molecule has 5 heteroatoms. The molecule has 0 rings (SSSR count). The summed E-state index contributed by atoms with van der Waals surface area (Å²) in [6, 6.07) is 0. The molecule has 1 unspecified atom stereocenters. The van der Waals surface area contributed by atoms with Gasteiger partial charge in [-0.1, -0.05) is 0 Å². The predicted octanol–water partition coefficient (Wildman–Crippen LogP) is 0.832. The fourth-order valence-corrected chi connectivity index (χ4v) is 0. The van der Waals surface area contributed by atoms with E-state index in [4.69, 9.17) is 0 Å². The molecule has 0 heterocycles. The van der Waals surface area contributed by atoms with E-state index < -0.39 is 6.12 Å². The fraction of sp³-hybridized carbons (Fsp3) is 0. The van der Waals surface area contributed by atoms with Crippen LogP contribution in [0.4, 0.5) is 0 Å². The van der Waals surface area contributed by atoms with E-state index >= 15 is 0 Å². The highest BCUT2D eigenvalue weighted by Gasteiger charge is 1.68. The quantitative estimate of drug-likeness (QED) is 0.166. The zero-order valence-corrected chi connectivity index (χ0v) is 4.93. The standard InChI is InChI=1S/H3N2PS2/c1-2-3(4)5/h1H2,(H,2,4,5). The summed E-state index contributed by atoms with van der Waals surface area (Å²) in [5, 5.41) is 0. The third-order valence-electron chi connectivity index (χ3n) is 0.0988. The molecule has 2 N–H and O–H groups in total. The second kappa shape index (κ2) is 2.97. The Morgan fingerprint density at radius 2 is 2.20 bits per heavy atom. The van der Waals surface area contributed by atoms with Crippen molar-refractivity contribution in [3.8, 4) is 0 Å². The van der Waals surface area contributed by atoms with Gasteiger partial charge in [-0.2, -0.15) is 5.84 Å². The minimum atomic E-state index is -0.918. The van der Waals surface area contributed by atoms with Crippen molar-refractivity contribution < 1.29 is 0 Å². The minimum absolute atomic E-state index is 0.918. The first-order chi connectivity index (χ1) is 2.27. The number of nitrogens with two attached hydrogens (primary N) is 1. The lowest BCUT2D eigenvalue weighted by Crippen LogP contribution is -1.67. The van der Waals surface area contributed by atoms with Crippen LogP contribution in [0.1, 0.15) is 0 Å². The Morgan fingerprint density at radius 1 is 2.00 bits per heavy atom. The van der Waals surface area contributed by atoms with Gasteiger partial charge < -0.3 is 12.2 Å². The van der Waals surface area contributed by atoms with Crippen LogP contribution in [0.15, 0.2) is 4.85 Å². The largest absolute Gasteiger partial charge is 0.453 e. The lowest BCUT2D eigenvalue weighted by atomic mass is 13.0. The van der Waals surface area contributed by atoms with E-state index in [1.54, 1.807) is 0 Å². The average Bonchev–Trinajstić information content (AvgIpc) is 1.38. The second-order valence-corrected chi connectivity index (χ2v) is 4.09. The number of hydrogen-bond donors (Lipinski definition) is 2. The van der Waals surface area contributed by atoms with Gasteiger partial charge in [-0.15, -0.1) is 0 Å². The van der Waals surface area contributed by atoms with Crippen molar-refractivity contribution in [3.63, 3.8) is 0 Å². The van der Waals surface area contributed by atoms with Gasteiger partial charge in [-0.05, 0) is 4.85 Å². The van der Waals surface area contributed by atoms with Gasteiger partial charge in [0.05, 0.1) is 12.2 Å². The summed E-state index contributed by atoms with van der Waals surface area (Å²) in [6.07, 6.45) is -0.918. The van der Waals surface area contributed by atoms with Gasteiger partial charge >= 0.3 is 0 Å². The van der Waals surface area contributed by atoms with Crippen molar-refractivity contribution in [2.24, 2.45) is 10.7 Å². The molecule has 0 spiro atoms. The first kappa shape index (κ1) is 5.76. The highest BCUT2D eigenvalue weighted by atomic mass is 33.0. The van der Waals surface area contributed by atoms with E-state index in [-0.39, 0.29) is 0 Å². The Hall–Kier alpha value is 0.760. The molecule has 2 nitrogen and oxygen atoms in total. The lowest BCUT2D eigenvalue weighted by Gasteiger charge is -1.70. The van der Waals surface area contributed by atoms with Gasteiger partial charge in [0.25, 0.3) is 0 Å². The van der Waals surface area contributed by atoms with Crippen molar-refractivity contribution >= 4 is 30.6 Å². The van der Waals surface area contributed by atoms with Crippen LogP contribution in [0.2, 0.25) is 0 Å². The number of rotatable bonds is 0. The van der Waals surface area contributed by atoms with Crippen LogP contribution in [0.25, 0.3) is 0 Å². The van der Waals surface area contributed by atoms with Gasteiger partial charge in [0.15, 0.2) is 6.12 Å². The molecule has 5 heavy (non-hydrogen) atoms. The molecule has 0 saturated carbocycles. The SMILES string of the molecule is NN=[P+]([S-])S. The van der Waals surface area contributed by atoms with Gasteiger partial charge in [0.2, 0.25) is 0 Å².